The van der Waals surface area contributed by atoms with Gasteiger partial charge in [-0.2, -0.15) is 0 Å². The Labute approximate surface area is 89.2 Å². The van der Waals surface area contributed by atoms with Crippen LogP contribution in [0.1, 0.15) is 9.67 Å². The van der Waals surface area contributed by atoms with E-state index in [0.29, 0.717) is 4.88 Å². The maximum Gasteiger partial charge on any atom is 0.398 e. The van der Waals surface area contributed by atoms with Crippen molar-refractivity contribution in [3.63, 3.8) is 0 Å². The Bertz CT molecular complexity index is 374. The first-order valence-electron chi connectivity index (χ1n) is 3.87. The molecule has 7 heteroatoms. The fourth-order valence-corrected chi connectivity index (χ4v) is 1.35. The van der Waals surface area contributed by atoms with Crippen molar-refractivity contribution >= 4 is 29.1 Å². The maximum atomic E-state index is 11.3. The fourth-order valence-electron chi connectivity index (χ4n) is 0.727. The summed E-state index contributed by atoms with van der Waals surface area (Å²) >= 11 is 1.22. The largest absolute Gasteiger partial charge is 0.462 e. The average Bonchev–Trinajstić information content (AvgIpc) is 2.77. The van der Waals surface area contributed by atoms with Crippen molar-refractivity contribution in [3.05, 3.63) is 22.4 Å². The average molecular weight is 228 g/mol. The number of thiophene rings is 1. The highest BCUT2D eigenvalue weighted by atomic mass is 32.1. The van der Waals surface area contributed by atoms with Crippen LogP contribution in [0.3, 0.4) is 0 Å². The van der Waals surface area contributed by atoms with Crippen LogP contribution in [0.2, 0.25) is 0 Å². The summed E-state index contributed by atoms with van der Waals surface area (Å²) in [6.07, 6.45) is 0. The van der Waals surface area contributed by atoms with Gasteiger partial charge in [-0.05, 0) is 11.4 Å². The molecule has 15 heavy (non-hydrogen) atoms. The van der Waals surface area contributed by atoms with Crippen molar-refractivity contribution in [3.8, 4) is 0 Å². The highest BCUT2D eigenvalue weighted by Gasteiger charge is 2.14. The maximum absolute atomic E-state index is 11.3. The van der Waals surface area contributed by atoms with E-state index < -0.39 is 17.8 Å². The monoisotopic (exact) mass is 228 g/mol. The molecular weight excluding hydrogens is 220 g/mol. The molecule has 0 aliphatic rings. The molecule has 0 unspecified atom stereocenters. The molecule has 0 radical (unpaired) electrons. The second-order valence-electron chi connectivity index (χ2n) is 2.38. The summed E-state index contributed by atoms with van der Waals surface area (Å²) in [7, 11) is 1.07. The normalized spacial score (nSPS) is 9.13. The second kappa shape index (κ2) is 5.11. The van der Waals surface area contributed by atoms with Gasteiger partial charge in [0, 0.05) is 0 Å². The van der Waals surface area contributed by atoms with Crippen LogP contribution in [0, 0.1) is 0 Å². The fraction of sp³-hybridized carbons (Fsp3) is 0.125. The molecule has 0 aliphatic heterocycles. The van der Waals surface area contributed by atoms with Crippen molar-refractivity contribution in [2.24, 2.45) is 0 Å². The molecule has 1 aromatic rings. The lowest BCUT2D eigenvalue weighted by atomic mass is 10.4. The number of hydrogen-bond donors (Lipinski definition) is 2. The van der Waals surface area contributed by atoms with E-state index in [-0.39, 0.29) is 0 Å². The molecule has 0 saturated heterocycles. The Morgan fingerprint density at radius 1 is 1.33 bits per heavy atom. The van der Waals surface area contributed by atoms with E-state index >= 15 is 0 Å². The molecule has 0 spiro atoms. The van der Waals surface area contributed by atoms with Gasteiger partial charge in [-0.3, -0.25) is 20.4 Å². The van der Waals surface area contributed by atoms with E-state index in [9.17, 15) is 14.4 Å². The van der Waals surface area contributed by atoms with Gasteiger partial charge < -0.3 is 4.74 Å². The topological polar surface area (TPSA) is 84.5 Å². The first-order chi connectivity index (χ1) is 7.15. The van der Waals surface area contributed by atoms with E-state index in [2.05, 4.69) is 10.2 Å². The first-order valence-corrected chi connectivity index (χ1v) is 4.75. The predicted octanol–water partition coefficient (Wildman–Crippen LogP) is -0.318. The summed E-state index contributed by atoms with van der Waals surface area (Å²) in [5, 5.41) is 1.72. The quantitative estimate of drug-likeness (QED) is 0.392. The molecule has 2 amide bonds. The Balaban J connectivity index is 2.41. The smallest absolute Gasteiger partial charge is 0.398 e. The number of hydrogen-bond acceptors (Lipinski definition) is 5. The summed E-state index contributed by atoms with van der Waals surface area (Å²) in [5.74, 6) is -2.58. The van der Waals surface area contributed by atoms with Gasteiger partial charge in [0.05, 0.1) is 12.0 Å². The lowest BCUT2D eigenvalue weighted by Crippen LogP contribution is -2.45. The van der Waals surface area contributed by atoms with Crippen LogP contribution in [0.5, 0.6) is 0 Å². The zero-order chi connectivity index (χ0) is 11.3. The summed E-state index contributed by atoms with van der Waals surface area (Å²) in [6, 6.07) is 3.28. The van der Waals surface area contributed by atoms with Gasteiger partial charge in [0.15, 0.2) is 0 Å². The minimum Gasteiger partial charge on any atom is -0.462 e. The Morgan fingerprint density at radius 2 is 2.07 bits per heavy atom. The number of ether oxygens (including phenoxy) is 1. The summed E-state index contributed by atoms with van der Waals surface area (Å²) in [4.78, 5) is 33.2. The number of carbonyl (C=O) groups excluding carboxylic acids is 3. The third-order valence-corrected chi connectivity index (χ3v) is 2.27. The van der Waals surface area contributed by atoms with Gasteiger partial charge in [0.1, 0.15) is 0 Å². The van der Waals surface area contributed by atoms with Crippen LogP contribution >= 0.6 is 11.3 Å². The van der Waals surface area contributed by atoms with Crippen LogP contribution in [0.15, 0.2) is 17.5 Å². The minimum atomic E-state index is -1.07. The van der Waals surface area contributed by atoms with Crippen molar-refractivity contribution in [1.29, 1.82) is 0 Å². The third-order valence-electron chi connectivity index (χ3n) is 1.41. The molecule has 1 aromatic heterocycles. The van der Waals surface area contributed by atoms with E-state index in [1.165, 1.54) is 11.3 Å². The SMILES string of the molecule is COC(=O)C(=O)NNC(=O)c1cccs1. The zero-order valence-corrected chi connectivity index (χ0v) is 8.59. The van der Waals surface area contributed by atoms with Gasteiger partial charge in [0.25, 0.3) is 5.91 Å². The molecule has 80 valence electrons. The van der Waals surface area contributed by atoms with E-state index in [1.807, 2.05) is 5.43 Å². The predicted molar refractivity (Wildman–Crippen MR) is 51.9 cm³/mol. The number of amides is 2. The molecule has 0 fully saturated rings. The van der Waals surface area contributed by atoms with Crippen LogP contribution in [-0.2, 0) is 14.3 Å². The van der Waals surface area contributed by atoms with Gasteiger partial charge >= 0.3 is 11.9 Å². The van der Waals surface area contributed by atoms with E-state index in [1.54, 1.807) is 17.5 Å². The number of rotatable bonds is 1. The standard InChI is InChI=1S/C8H8N2O4S/c1-14-8(13)7(12)10-9-6(11)5-3-2-4-15-5/h2-4H,1H3,(H,9,11)(H,10,12). The van der Waals surface area contributed by atoms with Crippen LogP contribution in [0.25, 0.3) is 0 Å². The lowest BCUT2D eigenvalue weighted by molar-refractivity contribution is -0.153. The van der Waals surface area contributed by atoms with E-state index in [0.717, 1.165) is 7.11 Å². The highest BCUT2D eigenvalue weighted by molar-refractivity contribution is 7.12. The lowest BCUT2D eigenvalue weighted by Gasteiger charge is -2.03. The molecule has 1 heterocycles. The van der Waals surface area contributed by atoms with Crippen molar-refractivity contribution in [2.45, 2.75) is 0 Å². The summed E-state index contributed by atoms with van der Waals surface area (Å²) < 4.78 is 4.14. The third kappa shape index (κ3) is 3.06. The number of methoxy groups -OCH3 is 1. The molecule has 0 atom stereocenters. The van der Waals surface area contributed by atoms with Gasteiger partial charge in [-0.25, -0.2) is 4.79 Å². The van der Waals surface area contributed by atoms with Crippen molar-refractivity contribution in [1.82, 2.24) is 10.9 Å². The van der Waals surface area contributed by atoms with Crippen molar-refractivity contribution < 1.29 is 19.1 Å². The second-order valence-corrected chi connectivity index (χ2v) is 3.32. The number of esters is 1. The van der Waals surface area contributed by atoms with Crippen molar-refractivity contribution in [2.75, 3.05) is 7.11 Å². The summed E-state index contributed by atoms with van der Waals surface area (Å²) in [5.41, 5.74) is 3.99. The molecule has 0 bridgehead atoms. The molecule has 2 N–H and O–H groups in total. The number of carbonyl (C=O) groups is 3. The summed E-state index contributed by atoms with van der Waals surface area (Å²) in [6.45, 7) is 0. The van der Waals surface area contributed by atoms with Gasteiger partial charge in [0.2, 0.25) is 0 Å². The Hall–Kier alpha value is -1.89. The zero-order valence-electron chi connectivity index (χ0n) is 7.77. The van der Waals surface area contributed by atoms with E-state index in [4.69, 9.17) is 0 Å². The minimum absolute atomic E-state index is 0.431. The number of hydrazine groups is 1. The Morgan fingerprint density at radius 3 is 2.60 bits per heavy atom. The molecular formula is C8H8N2O4S. The van der Waals surface area contributed by atoms with Gasteiger partial charge in [-0.15, -0.1) is 11.3 Å². The molecule has 1 rings (SSSR count). The molecule has 6 nitrogen and oxygen atoms in total. The molecule has 0 aliphatic carbocycles. The number of nitrogens with one attached hydrogen (secondary N) is 2. The molecule has 0 saturated carbocycles. The molecule has 0 aromatic carbocycles. The van der Waals surface area contributed by atoms with Crippen LogP contribution < -0.4 is 10.9 Å². The van der Waals surface area contributed by atoms with Crippen LogP contribution in [0.4, 0.5) is 0 Å². The first kappa shape index (κ1) is 11.2. The highest BCUT2D eigenvalue weighted by Crippen LogP contribution is 2.06. The Kier molecular flexibility index (Phi) is 3.81. The van der Waals surface area contributed by atoms with Gasteiger partial charge in [-0.1, -0.05) is 6.07 Å². The van der Waals surface area contributed by atoms with Crippen LogP contribution in [-0.4, -0.2) is 24.9 Å².